The average molecular weight is 273 g/mol. The predicted octanol–water partition coefficient (Wildman–Crippen LogP) is 3.11. The highest BCUT2D eigenvalue weighted by Gasteiger charge is 2.20. The molecule has 0 fully saturated rings. The molecule has 3 rings (SSSR count). The number of hydrogen-bond acceptors (Lipinski definition) is 3. The first-order chi connectivity index (χ1) is 9.63. The van der Waals surface area contributed by atoms with Gasteiger partial charge in [-0.1, -0.05) is 6.07 Å². The molecule has 2 N–H and O–H groups in total. The molecular weight excluding hydrogens is 257 g/mol. The lowest BCUT2D eigenvalue weighted by atomic mass is 10.1. The Morgan fingerprint density at radius 1 is 1.30 bits per heavy atom. The number of benzene rings is 2. The smallest absolute Gasteiger partial charge is 0.127 e. The highest BCUT2D eigenvalue weighted by atomic mass is 19.1. The molecule has 0 spiro atoms. The van der Waals surface area contributed by atoms with Gasteiger partial charge in [-0.2, -0.15) is 0 Å². The van der Waals surface area contributed by atoms with Gasteiger partial charge in [0.25, 0.3) is 0 Å². The summed E-state index contributed by atoms with van der Waals surface area (Å²) < 4.78 is 24.2. The van der Waals surface area contributed by atoms with Crippen LogP contribution in [0.1, 0.15) is 22.7 Å². The minimum absolute atomic E-state index is 0.0570. The molecule has 2 aromatic rings. The van der Waals surface area contributed by atoms with Gasteiger partial charge >= 0.3 is 0 Å². The Balaban J connectivity index is 1.73. The number of fused-ring (bicyclic) bond motifs is 1. The molecule has 1 heterocycles. The van der Waals surface area contributed by atoms with Gasteiger partial charge in [-0.15, -0.1) is 0 Å². The Morgan fingerprint density at radius 3 is 2.95 bits per heavy atom. The van der Waals surface area contributed by atoms with Gasteiger partial charge in [0.2, 0.25) is 0 Å². The van der Waals surface area contributed by atoms with Gasteiger partial charge in [-0.3, -0.25) is 0 Å². The zero-order valence-electron chi connectivity index (χ0n) is 11.2. The Morgan fingerprint density at radius 2 is 2.15 bits per heavy atom. The van der Waals surface area contributed by atoms with Crippen molar-refractivity contribution < 1.29 is 13.9 Å². The standard InChI is InChI=1S/C16H16FNO2/c1-10-6-12(17)3-2-11(10)8-19-13-4-5-14-15(18)9-20-16(14)7-13/h2-7,15H,8-9,18H2,1H3. The fourth-order valence-corrected chi connectivity index (χ4v) is 2.29. The summed E-state index contributed by atoms with van der Waals surface area (Å²) in [5.74, 6) is 1.28. The molecule has 1 aliphatic rings. The maximum absolute atomic E-state index is 13.0. The molecule has 0 amide bonds. The van der Waals surface area contributed by atoms with Gasteiger partial charge < -0.3 is 15.2 Å². The van der Waals surface area contributed by atoms with E-state index in [9.17, 15) is 4.39 Å². The maximum Gasteiger partial charge on any atom is 0.127 e. The van der Waals surface area contributed by atoms with Gasteiger partial charge in [0.05, 0.1) is 6.04 Å². The van der Waals surface area contributed by atoms with Crippen LogP contribution in [0, 0.1) is 12.7 Å². The Kier molecular flexibility index (Phi) is 3.32. The Labute approximate surface area is 117 Å². The summed E-state index contributed by atoms with van der Waals surface area (Å²) in [6, 6.07) is 10.3. The van der Waals surface area contributed by atoms with E-state index < -0.39 is 0 Å². The minimum Gasteiger partial charge on any atom is -0.491 e. The molecule has 1 atom stereocenters. The van der Waals surface area contributed by atoms with Crippen LogP contribution in [0.25, 0.3) is 0 Å². The van der Waals surface area contributed by atoms with Gasteiger partial charge in [0, 0.05) is 11.6 Å². The fraction of sp³-hybridized carbons (Fsp3) is 0.250. The quantitative estimate of drug-likeness (QED) is 0.934. The van der Waals surface area contributed by atoms with Gasteiger partial charge in [-0.05, 0) is 42.3 Å². The third-order valence-electron chi connectivity index (χ3n) is 3.50. The van der Waals surface area contributed by atoms with E-state index in [1.165, 1.54) is 12.1 Å². The van der Waals surface area contributed by atoms with Crippen LogP contribution in [0.5, 0.6) is 11.5 Å². The van der Waals surface area contributed by atoms with E-state index in [1.807, 2.05) is 25.1 Å². The van der Waals surface area contributed by atoms with Crippen molar-refractivity contribution in [3.05, 3.63) is 58.9 Å². The van der Waals surface area contributed by atoms with Crippen LogP contribution >= 0.6 is 0 Å². The number of halogens is 1. The molecule has 0 saturated heterocycles. The molecule has 1 unspecified atom stereocenters. The highest BCUT2D eigenvalue weighted by molar-refractivity contribution is 5.44. The topological polar surface area (TPSA) is 44.5 Å². The summed E-state index contributed by atoms with van der Waals surface area (Å²) in [4.78, 5) is 0. The fourth-order valence-electron chi connectivity index (χ4n) is 2.29. The number of hydrogen-bond donors (Lipinski definition) is 1. The summed E-state index contributed by atoms with van der Waals surface area (Å²) >= 11 is 0. The van der Waals surface area contributed by atoms with Crippen molar-refractivity contribution in [1.29, 1.82) is 0 Å². The van der Waals surface area contributed by atoms with Crippen molar-refractivity contribution in [2.45, 2.75) is 19.6 Å². The van der Waals surface area contributed by atoms with Crippen molar-refractivity contribution in [2.24, 2.45) is 5.73 Å². The zero-order chi connectivity index (χ0) is 14.1. The molecule has 0 aliphatic carbocycles. The van der Waals surface area contributed by atoms with Gasteiger partial charge in [0.15, 0.2) is 0 Å². The lowest BCUT2D eigenvalue weighted by molar-refractivity contribution is 0.300. The molecule has 0 aromatic heterocycles. The normalized spacial score (nSPS) is 16.6. The number of rotatable bonds is 3. The number of nitrogens with two attached hydrogens (primary N) is 1. The van der Waals surface area contributed by atoms with Crippen molar-refractivity contribution in [1.82, 2.24) is 0 Å². The third kappa shape index (κ3) is 2.47. The highest BCUT2D eigenvalue weighted by Crippen LogP contribution is 2.34. The largest absolute Gasteiger partial charge is 0.491 e. The van der Waals surface area contributed by atoms with Crippen molar-refractivity contribution in [3.63, 3.8) is 0 Å². The number of aryl methyl sites for hydroxylation is 1. The van der Waals surface area contributed by atoms with Crippen LogP contribution in [-0.4, -0.2) is 6.61 Å². The zero-order valence-corrected chi connectivity index (χ0v) is 11.2. The first kappa shape index (κ1) is 12.9. The van der Waals surface area contributed by atoms with E-state index in [2.05, 4.69) is 0 Å². The molecule has 4 heteroatoms. The van der Waals surface area contributed by atoms with E-state index >= 15 is 0 Å². The van der Waals surface area contributed by atoms with E-state index in [0.29, 0.717) is 13.2 Å². The summed E-state index contributed by atoms with van der Waals surface area (Å²) in [7, 11) is 0. The molecule has 20 heavy (non-hydrogen) atoms. The average Bonchev–Trinajstić information content (AvgIpc) is 2.79. The van der Waals surface area contributed by atoms with Crippen LogP contribution in [0.15, 0.2) is 36.4 Å². The summed E-state index contributed by atoms with van der Waals surface area (Å²) in [6.45, 7) is 2.78. The minimum atomic E-state index is -0.230. The molecule has 0 saturated carbocycles. The first-order valence-corrected chi connectivity index (χ1v) is 6.53. The van der Waals surface area contributed by atoms with Crippen LogP contribution in [0.2, 0.25) is 0 Å². The molecule has 0 radical (unpaired) electrons. The van der Waals surface area contributed by atoms with Crippen molar-refractivity contribution in [2.75, 3.05) is 6.61 Å². The SMILES string of the molecule is Cc1cc(F)ccc1COc1ccc2c(c1)OCC2N. The number of ether oxygens (including phenoxy) is 2. The second kappa shape index (κ2) is 5.13. The van der Waals surface area contributed by atoms with Crippen LogP contribution < -0.4 is 15.2 Å². The van der Waals surface area contributed by atoms with E-state index in [-0.39, 0.29) is 11.9 Å². The van der Waals surface area contributed by atoms with E-state index in [4.69, 9.17) is 15.2 Å². The summed E-state index contributed by atoms with van der Waals surface area (Å²) in [5, 5.41) is 0. The van der Waals surface area contributed by atoms with Crippen molar-refractivity contribution >= 4 is 0 Å². The molecular formula is C16H16FNO2. The Hall–Kier alpha value is -2.07. The van der Waals surface area contributed by atoms with E-state index in [1.54, 1.807) is 6.07 Å². The van der Waals surface area contributed by atoms with Gasteiger partial charge in [0.1, 0.15) is 30.5 Å². The summed E-state index contributed by atoms with van der Waals surface area (Å²) in [5.41, 5.74) is 8.75. The molecule has 1 aliphatic heterocycles. The lowest BCUT2D eigenvalue weighted by Gasteiger charge is -2.10. The third-order valence-corrected chi connectivity index (χ3v) is 3.50. The van der Waals surface area contributed by atoms with Gasteiger partial charge in [-0.25, -0.2) is 4.39 Å². The van der Waals surface area contributed by atoms with Crippen LogP contribution in [0.4, 0.5) is 4.39 Å². The van der Waals surface area contributed by atoms with Crippen molar-refractivity contribution in [3.8, 4) is 11.5 Å². The molecule has 104 valence electrons. The van der Waals surface area contributed by atoms with Crippen LogP contribution in [0.3, 0.4) is 0 Å². The predicted molar refractivity (Wildman–Crippen MR) is 74.3 cm³/mol. The maximum atomic E-state index is 13.0. The van der Waals surface area contributed by atoms with Crippen LogP contribution in [-0.2, 0) is 6.61 Å². The first-order valence-electron chi connectivity index (χ1n) is 6.53. The van der Waals surface area contributed by atoms with E-state index in [0.717, 1.165) is 28.2 Å². The molecule has 2 aromatic carbocycles. The second-order valence-corrected chi connectivity index (χ2v) is 4.98. The monoisotopic (exact) mass is 273 g/mol. The summed E-state index contributed by atoms with van der Waals surface area (Å²) in [6.07, 6.45) is 0. The second-order valence-electron chi connectivity index (χ2n) is 4.98. The molecule has 3 nitrogen and oxygen atoms in total. The molecule has 0 bridgehead atoms. The lowest BCUT2D eigenvalue weighted by Crippen LogP contribution is -2.10. The Bertz CT molecular complexity index is 642.